The zero-order valence-electron chi connectivity index (χ0n) is 95.9. The van der Waals surface area contributed by atoms with Gasteiger partial charge in [-0.05, 0) is 185 Å². The lowest BCUT2D eigenvalue weighted by Crippen LogP contribution is -2.82. The predicted octanol–water partition coefficient (Wildman–Crippen LogP) is 17.9. The molecule has 10 saturated heterocycles. The van der Waals surface area contributed by atoms with Gasteiger partial charge in [-0.15, -0.1) is 0 Å². The third kappa shape index (κ3) is 21.4. The van der Waals surface area contributed by atoms with Gasteiger partial charge in [0.1, 0.15) is 69.7 Å². The monoisotopic (exact) mass is 1820 g/mol. The fourth-order valence-corrected chi connectivity index (χ4v) is 30.6. The molecule has 4 spiro atoms. The second-order valence-corrected chi connectivity index (χ2v) is 49.3. The average molecular weight is 1820 g/mol. The second-order valence-electron chi connectivity index (χ2n) is 49.3. The first-order chi connectivity index (χ1) is 59.7. The highest BCUT2D eigenvalue weighted by atomic mass is 15.9. The van der Waals surface area contributed by atoms with Gasteiger partial charge in [0, 0.05) is 65.2 Å². The van der Waals surface area contributed by atoms with Crippen molar-refractivity contribution >= 4 is 0 Å². The summed E-state index contributed by atoms with van der Waals surface area (Å²) in [6.45, 7) is 119. The van der Waals surface area contributed by atoms with Crippen molar-refractivity contribution in [2.75, 3.05) is 281 Å². The summed E-state index contributed by atoms with van der Waals surface area (Å²) < 4.78 is 11.9. The van der Waals surface area contributed by atoms with Gasteiger partial charge in [0.05, 0.1) is 205 Å². The summed E-state index contributed by atoms with van der Waals surface area (Å²) in [7, 11) is 29.7. The lowest BCUT2D eigenvalue weighted by molar-refractivity contribution is -1.17. The van der Waals surface area contributed by atoms with Crippen molar-refractivity contribution in [1.29, 1.82) is 0 Å². The minimum Gasteiger partial charge on any atom is -0.312 e. The summed E-state index contributed by atoms with van der Waals surface area (Å²) in [6, 6.07) is 7.23. The van der Waals surface area contributed by atoms with E-state index in [0.717, 1.165) is 45.2 Å². The Morgan fingerprint density at radius 3 is 0.938 bits per heavy atom. The van der Waals surface area contributed by atoms with Crippen LogP contribution in [0, 0.1) is 35.5 Å². The molecule has 128 heavy (non-hydrogen) atoms. The summed E-state index contributed by atoms with van der Waals surface area (Å²) in [6.07, 6.45) is 15.6. The largest absolute Gasteiger partial charge is 0.356 e. The van der Waals surface area contributed by atoms with E-state index in [0.29, 0.717) is 59.7 Å². The van der Waals surface area contributed by atoms with E-state index >= 15 is 0 Å². The van der Waals surface area contributed by atoms with E-state index in [1.165, 1.54) is 310 Å². The maximum absolute atomic E-state index is 3.03. The Morgan fingerprint density at radius 2 is 0.625 bits per heavy atom. The molecule has 0 bridgehead atoms. The first-order valence-electron chi connectivity index (χ1n) is 55.6. The van der Waals surface area contributed by atoms with Crippen LogP contribution in [0.4, 0.5) is 0 Å². The fourth-order valence-electron chi connectivity index (χ4n) is 30.6. The van der Waals surface area contributed by atoms with Gasteiger partial charge in [0.2, 0.25) is 0 Å². The summed E-state index contributed by atoms with van der Waals surface area (Å²) in [4.78, 5) is 28.5. The van der Waals surface area contributed by atoms with E-state index in [-0.39, 0.29) is 23.6 Å². The first kappa shape index (κ1) is 118. The molecule has 10 aliphatic heterocycles. The molecule has 0 aromatic rings. The SMILES string of the molecule is CCC1C[N@@+](C)(CC)C2(N(CC(C)C)CC(CC)[N@@+]2(C)CC)N1CC(C)C.CCCC1C[N@@+](C)(CC)C2(N(CC(C)C)CC(CCC)[N@@+]2(C)CC)N1CC(C)C.CCCC1C[N@@+](C)(CC)C2(N(CCC)CC(CCC)[N@@+]2(C)CC)N1CCC.CC[N@+]1(C)CC(C)N(C)C1.CC[N@+]1(C)CC(C)N(CC(C)C)C12N(CC(C)C)CC(C)[N@@+]2(C)CC.CC[N@@+]1(C)CN(C)CC1C. The van der Waals surface area contributed by atoms with Gasteiger partial charge in [0.25, 0.3) is 0 Å². The number of nitrogens with zero attached hydrogens (tertiary/aromatic N) is 20. The van der Waals surface area contributed by atoms with Crippen molar-refractivity contribution < 1.29 is 44.8 Å². The van der Waals surface area contributed by atoms with Crippen LogP contribution in [0.15, 0.2) is 0 Å². The van der Waals surface area contributed by atoms with Gasteiger partial charge in [0.15, 0.2) is 0 Å². The molecule has 0 saturated carbocycles. The van der Waals surface area contributed by atoms with Crippen LogP contribution in [0.5, 0.6) is 0 Å². The Bertz CT molecular complexity index is 3190. The van der Waals surface area contributed by atoms with Gasteiger partial charge in [-0.3, -0.25) is 9.80 Å². The molecule has 0 radical (unpaired) electrons. The highest BCUT2D eigenvalue weighted by molar-refractivity contribution is 5.00. The average Bonchev–Trinajstić information content (AvgIpc) is 1.56. The van der Waals surface area contributed by atoms with E-state index in [1.807, 2.05) is 0 Å². The van der Waals surface area contributed by atoms with E-state index in [4.69, 9.17) is 0 Å². The van der Waals surface area contributed by atoms with Crippen LogP contribution in [0.1, 0.15) is 312 Å². The zero-order chi connectivity index (χ0) is 97.7. The summed E-state index contributed by atoms with van der Waals surface area (Å²) in [5.41, 5.74) is 0. The number of rotatable bonds is 36. The molecule has 24 atom stereocenters. The second kappa shape index (κ2) is 47.9. The van der Waals surface area contributed by atoms with Gasteiger partial charge in [-0.2, -0.15) is 39.2 Å². The molecule has 20 heteroatoms. The van der Waals surface area contributed by atoms with Crippen molar-refractivity contribution in [1.82, 2.24) is 49.0 Å². The van der Waals surface area contributed by atoms with Crippen LogP contribution in [0.2, 0.25) is 0 Å². The molecule has 20 nitrogen and oxygen atoms in total. The summed E-state index contributed by atoms with van der Waals surface area (Å²) in [5.74, 6) is 4.57. The van der Waals surface area contributed by atoms with Crippen LogP contribution >= 0.6 is 0 Å². The smallest absolute Gasteiger partial charge is 0.312 e. The summed E-state index contributed by atoms with van der Waals surface area (Å²) >= 11 is 0. The molecular formula is C108H238N20+10. The van der Waals surface area contributed by atoms with Gasteiger partial charge >= 0.3 is 23.6 Å². The lowest BCUT2D eigenvalue weighted by atomic mass is 10.1. The highest BCUT2D eigenvalue weighted by Crippen LogP contribution is 2.58. The Kier molecular flexibility index (Phi) is 44.1. The van der Waals surface area contributed by atoms with E-state index in [9.17, 15) is 0 Å². The van der Waals surface area contributed by atoms with Crippen LogP contribution in [-0.4, -0.2) is 459 Å². The van der Waals surface area contributed by atoms with E-state index in [2.05, 4.69) is 369 Å². The maximum atomic E-state index is 3.03. The first-order valence-corrected chi connectivity index (χ1v) is 55.6. The maximum Gasteiger partial charge on any atom is 0.356 e. The molecule has 0 aromatic carbocycles. The van der Waals surface area contributed by atoms with Gasteiger partial charge in [-0.1, -0.05) is 164 Å². The highest BCUT2D eigenvalue weighted by Gasteiger charge is 2.83. The van der Waals surface area contributed by atoms with Crippen LogP contribution in [0.25, 0.3) is 0 Å². The number of quaternary nitrogens is 10. The van der Waals surface area contributed by atoms with Crippen molar-refractivity contribution in [3.63, 3.8) is 0 Å². The van der Waals surface area contributed by atoms with Gasteiger partial charge in [-0.25, -0.2) is 35.9 Å². The van der Waals surface area contributed by atoms with Crippen molar-refractivity contribution in [3.8, 4) is 0 Å². The Labute approximate surface area is 802 Å². The Hall–Kier alpha value is -0.800. The van der Waals surface area contributed by atoms with Crippen LogP contribution in [0.3, 0.4) is 0 Å². The number of hydrogen-bond acceptors (Lipinski definition) is 10. The number of hydrogen-bond donors (Lipinski definition) is 0. The standard InChI is InChI=1S/C25H54N4.2C23H50N4.C21H46N4.2C8H19N2/c1-11-15-23-20-28(9,13-3)25(27(23)18-22(7)8)26(17-21(5)6)19-24(16-12-2)29(25,10)14-4;1-11-21-18-26(9,13-3)23(25(21)16-20(7)8)24(15-19(5)6)17-22(12-2)27(23,10)14-4;1-9-15-21-20-26(7,13-5)23(25(21)18-12-4)24(17-11-3)19-22(16-10-2)27(23,8)14-6;1-11-24(9)16-19(7)23(14-18(5)6)21(24)22(13-17(3)4)15-20(8)25(21,10)12-2;1-5-10(4)6-8(2)9(3)7-10;1-5-10(4)7-9(3)6-8(10)2/h21-24H,11-20H2,1-10H3;19-22H,11-18H2,1-10H3;21-22H,9-20H2,1-8H3;17-20H,11-16H2,1-10H3;2*8H,5-7H2,1-4H3/q4*+2;2*+1/t23?,24?,25?,28-,29-;2*21?,22?,23?,26-,27-;19?,20?,21?,24-,25-;2*8?,10-/m111110/s1. The molecular weight excluding hydrogens is 1580 g/mol. The lowest BCUT2D eigenvalue weighted by Gasteiger charge is -2.57. The third-order valence-corrected chi connectivity index (χ3v) is 37.4. The molecule has 0 amide bonds. The molecule has 14 unspecified atom stereocenters. The molecule has 10 aliphatic rings. The van der Waals surface area contributed by atoms with E-state index < -0.39 is 0 Å². The van der Waals surface area contributed by atoms with Gasteiger partial charge < -0.3 is 8.97 Å². The van der Waals surface area contributed by atoms with Crippen molar-refractivity contribution in [2.24, 2.45) is 35.5 Å². The molecule has 10 rings (SSSR count). The van der Waals surface area contributed by atoms with Crippen molar-refractivity contribution in [3.05, 3.63) is 0 Å². The topological polar surface area (TPSA) is 32.4 Å². The van der Waals surface area contributed by atoms with Crippen molar-refractivity contribution in [2.45, 2.75) is 397 Å². The van der Waals surface area contributed by atoms with E-state index in [1.54, 1.807) is 0 Å². The van der Waals surface area contributed by atoms with Crippen LogP contribution < -0.4 is 0 Å². The zero-order valence-corrected chi connectivity index (χ0v) is 95.9. The number of likely N-dealkylation sites (N-methyl/N-ethyl adjacent to an activating group) is 12. The minimum absolute atomic E-state index is 0.0802. The Balaban J connectivity index is 0.000000281. The molecule has 0 aliphatic carbocycles. The molecule has 760 valence electrons. The predicted molar refractivity (Wildman–Crippen MR) is 556 cm³/mol. The normalized spacial score (nSPS) is 41.1. The Morgan fingerprint density at radius 1 is 0.281 bits per heavy atom. The minimum atomic E-state index is 0.0802. The molecule has 0 aromatic heterocycles. The molecule has 0 N–H and O–H groups in total. The molecule has 10 heterocycles. The molecule has 10 fully saturated rings. The fraction of sp³-hybridized carbons (Fsp3) is 1.00. The summed E-state index contributed by atoms with van der Waals surface area (Å²) in [5, 5.41) is 0. The van der Waals surface area contributed by atoms with Crippen LogP contribution in [-0.2, 0) is 0 Å². The quantitative estimate of drug-likeness (QED) is 0.0566. The third-order valence-electron chi connectivity index (χ3n) is 37.4.